The molecule has 3 heterocycles. The Kier molecular flexibility index (Phi) is 5.14. The van der Waals surface area contributed by atoms with Crippen LogP contribution in [0.3, 0.4) is 0 Å². The molecule has 1 aliphatic heterocycles. The minimum Gasteiger partial charge on any atom is -0.481 e. The fourth-order valence-corrected chi connectivity index (χ4v) is 5.89. The molecule has 2 fully saturated rings. The summed E-state index contributed by atoms with van der Waals surface area (Å²) in [6.07, 6.45) is 2.51. The third-order valence-corrected chi connectivity index (χ3v) is 8.09. The predicted octanol–water partition coefficient (Wildman–Crippen LogP) is 5.12. The molecular formula is C27H22FN3O3S. The number of amides is 1. The number of thiazole rings is 1. The van der Waals surface area contributed by atoms with Crippen molar-refractivity contribution in [2.75, 3.05) is 13.1 Å². The number of carboxylic acids is 1. The highest BCUT2D eigenvalue weighted by molar-refractivity contribution is 7.21. The molecule has 8 heteroatoms. The molecule has 2 aliphatic rings. The summed E-state index contributed by atoms with van der Waals surface area (Å²) in [6.45, 7) is 0.503. The van der Waals surface area contributed by atoms with Crippen molar-refractivity contribution < 1.29 is 19.1 Å². The van der Waals surface area contributed by atoms with E-state index in [0.717, 1.165) is 23.4 Å². The SMILES string of the molecule is O=C(O)C1CCN(C(=O)c2ccc(-c3nc4ccc(C5(c6ccccc6)CC5)nc4s3)c(F)c2)C1. The first-order valence-corrected chi connectivity index (χ1v) is 12.4. The second kappa shape index (κ2) is 8.23. The van der Waals surface area contributed by atoms with E-state index >= 15 is 4.39 Å². The lowest BCUT2D eigenvalue weighted by Gasteiger charge is -2.16. The molecule has 2 aromatic heterocycles. The molecule has 0 radical (unpaired) electrons. The molecule has 1 atom stereocenters. The Bertz CT molecular complexity index is 1470. The molecule has 4 aromatic rings. The summed E-state index contributed by atoms with van der Waals surface area (Å²) in [6, 6.07) is 18.7. The van der Waals surface area contributed by atoms with Gasteiger partial charge >= 0.3 is 5.97 Å². The van der Waals surface area contributed by atoms with Gasteiger partial charge in [0.1, 0.15) is 21.2 Å². The maximum absolute atomic E-state index is 15.1. The van der Waals surface area contributed by atoms with E-state index in [1.54, 1.807) is 12.1 Å². The van der Waals surface area contributed by atoms with Crippen LogP contribution in [0.5, 0.6) is 0 Å². The molecule has 6 rings (SSSR count). The number of halogens is 1. The molecule has 1 saturated carbocycles. The van der Waals surface area contributed by atoms with E-state index in [1.165, 1.54) is 27.9 Å². The number of rotatable bonds is 5. The largest absolute Gasteiger partial charge is 0.481 e. The smallest absolute Gasteiger partial charge is 0.308 e. The van der Waals surface area contributed by atoms with Gasteiger partial charge in [-0.05, 0) is 55.2 Å². The van der Waals surface area contributed by atoms with Gasteiger partial charge in [-0.2, -0.15) is 0 Å². The zero-order valence-electron chi connectivity index (χ0n) is 18.8. The van der Waals surface area contributed by atoms with Gasteiger partial charge in [0.25, 0.3) is 5.91 Å². The van der Waals surface area contributed by atoms with Gasteiger partial charge in [-0.15, -0.1) is 0 Å². The van der Waals surface area contributed by atoms with Gasteiger partial charge in [-0.1, -0.05) is 41.7 Å². The van der Waals surface area contributed by atoms with E-state index < -0.39 is 17.7 Å². The molecule has 1 N–H and O–H groups in total. The van der Waals surface area contributed by atoms with E-state index in [2.05, 4.69) is 17.1 Å². The zero-order chi connectivity index (χ0) is 24.2. The zero-order valence-corrected chi connectivity index (χ0v) is 19.6. The summed E-state index contributed by atoms with van der Waals surface area (Å²) in [5.74, 6) is -2.37. The first kappa shape index (κ1) is 21.9. The number of carbonyl (C=O) groups is 2. The van der Waals surface area contributed by atoms with Crippen molar-refractivity contribution in [2.45, 2.75) is 24.7 Å². The maximum atomic E-state index is 15.1. The number of pyridine rings is 1. The molecule has 176 valence electrons. The summed E-state index contributed by atoms with van der Waals surface area (Å²) in [7, 11) is 0. The highest BCUT2D eigenvalue weighted by Crippen LogP contribution is 2.53. The van der Waals surface area contributed by atoms with Gasteiger partial charge in [0.2, 0.25) is 0 Å². The van der Waals surface area contributed by atoms with Crippen molar-refractivity contribution in [1.29, 1.82) is 0 Å². The second-order valence-electron chi connectivity index (χ2n) is 9.26. The van der Waals surface area contributed by atoms with E-state index in [0.29, 0.717) is 29.1 Å². The van der Waals surface area contributed by atoms with Crippen molar-refractivity contribution in [1.82, 2.24) is 14.9 Å². The van der Waals surface area contributed by atoms with Crippen LogP contribution in [0, 0.1) is 11.7 Å². The Hall–Kier alpha value is -3.65. The Balaban J connectivity index is 1.27. The molecule has 1 unspecified atom stereocenters. The number of hydrogen-bond donors (Lipinski definition) is 1. The summed E-state index contributed by atoms with van der Waals surface area (Å²) in [5.41, 5.74) is 3.46. The van der Waals surface area contributed by atoms with Gasteiger partial charge in [-0.3, -0.25) is 9.59 Å². The maximum Gasteiger partial charge on any atom is 0.308 e. The molecule has 0 bridgehead atoms. The van der Waals surface area contributed by atoms with Crippen LogP contribution in [-0.4, -0.2) is 44.9 Å². The molecule has 0 spiro atoms. The Morgan fingerprint density at radius 2 is 1.86 bits per heavy atom. The Labute approximate surface area is 205 Å². The fraction of sp³-hybridized carbons (Fsp3) is 0.259. The van der Waals surface area contributed by atoms with Crippen molar-refractivity contribution in [2.24, 2.45) is 5.92 Å². The quantitative estimate of drug-likeness (QED) is 0.422. The summed E-state index contributed by atoms with van der Waals surface area (Å²) >= 11 is 1.34. The Morgan fingerprint density at radius 1 is 1.06 bits per heavy atom. The van der Waals surface area contributed by atoms with Crippen LogP contribution in [-0.2, 0) is 10.2 Å². The number of fused-ring (bicyclic) bond motifs is 1. The third kappa shape index (κ3) is 3.78. The molecule has 1 saturated heterocycles. The minimum atomic E-state index is -0.911. The number of hydrogen-bond acceptors (Lipinski definition) is 5. The lowest BCUT2D eigenvalue weighted by atomic mass is 9.92. The minimum absolute atomic E-state index is 0.0535. The predicted molar refractivity (Wildman–Crippen MR) is 131 cm³/mol. The van der Waals surface area contributed by atoms with Gasteiger partial charge in [-0.25, -0.2) is 14.4 Å². The van der Waals surface area contributed by atoms with Gasteiger partial charge < -0.3 is 10.0 Å². The monoisotopic (exact) mass is 487 g/mol. The summed E-state index contributed by atoms with van der Waals surface area (Å²) < 4.78 is 15.1. The number of benzene rings is 2. The number of aromatic nitrogens is 2. The van der Waals surface area contributed by atoms with E-state index in [9.17, 15) is 9.59 Å². The summed E-state index contributed by atoms with van der Waals surface area (Å²) in [4.78, 5) is 35.7. The number of likely N-dealkylation sites (tertiary alicyclic amines) is 1. The van der Waals surface area contributed by atoms with Crippen molar-refractivity contribution in [3.8, 4) is 10.6 Å². The number of nitrogens with zero attached hydrogens (tertiary/aromatic N) is 3. The fourth-order valence-electron chi connectivity index (χ4n) is 4.92. The average molecular weight is 488 g/mol. The third-order valence-electron chi connectivity index (χ3n) is 7.09. The van der Waals surface area contributed by atoms with Gasteiger partial charge in [0.05, 0.1) is 11.6 Å². The lowest BCUT2D eigenvalue weighted by Crippen LogP contribution is -2.30. The number of aliphatic carboxylic acids is 1. The first-order chi connectivity index (χ1) is 16.9. The van der Waals surface area contributed by atoms with Crippen LogP contribution in [0.25, 0.3) is 20.9 Å². The lowest BCUT2D eigenvalue weighted by molar-refractivity contribution is -0.141. The topological polar surface area (TPSA) is 83.4 Å². The molecule has 6 nitrogen and oxygen atoms in total. The van der Waals surface area contributed by atoms with E-state index in [-0.39, 0.29) is 23.4 Å². The van der Waals surface area contributed by atoms with E-state index in [1.807, 2.05) is 30.3 Å². The molecule has 2 aromatic carbocycles. The van der Waals surface area contributed by atoms with Crippen LogP contribution >= 0.6 is 11.3 Å². The van der Waals surface area contributed by atoms with Gasteiger partial charge in [0.15, 0.2) is 0 Å². The summed E-state index contributed by atoms with van der Waals surface area (Å²) in [5, 5.41) is 9.68. The van der Waals surface area contributed by atoms with Crippen LogP contribution in [0.1, 0.15) is 40.9 Å². The van der Waals surface area contributed by atoms with Crippen LogP contribution in [0.4, 0.5) is 4.39 Å². The van der Waals surface area contributed by atoms with Gasteiger partial charge in [0, 0.05) is 29.6 Å². The van der Waals surface area contributed by atoms with Crippen molar-refractivity contribution >= 4 is 33.6 Å². The molecule has 1 aliphatic carbocycles. The molecular weight excluding hydrogens is 465 g/mol. The van der Waals surface area contributed by atoms with Crippen LogP contribution in [0.15, 0.2) is 60.7 Å². The highest BCUT2D eigenvalue weighted by Gasteiger charge is 2.47. The standard InChI is InChI=1S/C27H22FN3O3S/c28-20-14-16(25(32)31-13-10-17(15-31)26(33)34)6-7-19(20)23-29-21-8-9-22(30-24(21)35-23)27(11-12-27)18-4-2-1-3-5-18/h1-9,14,17H,10-13,15H2,(H,33,34). The highest BCUT2D eigenvalue weighted by atomic mass is 32.1. The second-order valence-corrected chi connectivity index (χ2v) is 10.2. The first-order valence-electron chi connectivity index (χ1n) is 11.6. The normalized spacial score (nSPS) is 18.7. The van der Waals surface area contributed by atoms with Crippen molar-refractivity contribution in [3.05, 3.63) is 83.3 Å². The molecule has 35 heavy (non-hydrogen) atoms. The van der Waals surface area contributed by atoms with Crippen LogP contribution in [0.2, 0.25) is 0 Å². The van der Waals surface area contributed by atoms with Crippen LogP contribution < -0.4 is 0 Å². The molecule has 1 amide bonds. The Morgan fingerprint density at radius 3 is 2.54 bits per heavy atom. The average Bonchev–Trinajstić information content (AvgIpc) is 3.33. The van der Waals surface area contributed by atoms with E-state index in [4.69, 9.17) is 10.1 Å². The van der Waals surface area contributed by atoms with Crippen molar-refractivity contribution in [3.63, 3.8) is 0 Å². The number of carboxylic acid groups (broad SMARTS) is 1. The number of carbonyl (C=O) groups excluding carboxylic acids is 1.